The summed E-state index contributed by atoms with van der Waals surface area (Å²) >= 11 is 0. The molecule has 0 aliphatic rings. The Morgan fingerprint density at radius 1 is 1.25 bits per heavy atom. The fourth-order valence-electron chi connectivity index (χ4n) is 2.24. The molecule has 0 spiro atoms. The van der Waals surface area contributed by atoms with Crippen LogP contribution in [0.15, 0.2) is 42.6 Å². The highest BCUT2D eigenvalue weighted by molar-refractivity contribution is 5.95. The molecule has 3 rings (SSSR count). The van der Waals surface area contributed by atoms with Gasteiger partial charge in [-0.1, -0.05) is 24.3 Å². The molecular weight excluding hydrogens is 256 g/mol. The maximum absolute atomic E-state index is 11.3. The molecule has 1 aromatic carbocycles. The second-order valence-corrected chi connectivity index (χ2v) is 4.54. The summed E-state index contributed by atoms with van der Waals surface area (Å²) in [6.07, 6.45) is 1.62. The summed E-state index contributed by atoms with van der Waals surface area (Å²) in [6.45, 7) is 1.94. The van der Waals surface area contributed by atoms with E-state index in [9.17, 15) is 15.0 Å². The number of fused-ring (bicyclic) bond motifs is 1. The summed E-state index contributed by atoms with van der Waals surface area (Å²) in [6, 6.07) is 10.5. The second-order valence-electron chi connectivity index (χ2n) is 4.54. The van der Waals surface area contributed by atoms with Crippen molar-refractivity contribution >= 4 is 11.5 Å². The van der Waals surface area contributed by atoms with Crippen molar-refractivity contribution in [2.75, 3.05) is 0 Å². The van der Waals surface area contributed by atoms with Crippen molar-refractivity contribution in [2.24, 2.45) is 0 Å². The highest BCUT2D eigenvalue weighted by atomic mass is 16.4. The molecule has 20 heavy (non-hydrogen) atoms. The first-order valence-electron chi connectivity index (χ1n) is 6.08. The number of carboxylic acid groups (broad SMARTS) is 1. The average molecular weight is 268 g/mol. The van der Waals surface area contributed by atoms with Crippen LogP contribution in [0.4, 0.5) is 0 Å². The molecule has 0 unspecified atom stereocenters. The lowest BCUT2D eigenvalue weighted by Gasteiger charge is -2.04. The number of aromatic nitrogens is 2. The molecule has 2 N–H and O–H groups in total. The van der Waals surface area contributed by atoms with Gasteiger partial charge in [-0.3, -0.25) is 4.40 Å². The molecule has 0 amide bonds. The lowest BCUT2D eigenvalue weighted by atomic mass is 10.1. The summed E-state index contributed by atoms with van der Waals surface area (Å²) in [5, 5.41) is 18.8. The van der Waals surface area contributed by atoms with Gasteiger partial charge in [0.15, 0.2) is 5.69 Å². The number of benzene rings is 1. The summed E-state index contributed by atoms with van der Waals surface area (Å²) in [7, 11) is 0. The third-order valence-corrected chi connectivity index (χ3v) is 3.22. The van der Waals surface area contributed by atoms with Crippen molar-refractivity contribution < 1.29 is 15.0 Å². The van der Waals surface area contributed by atoms with Crippen LogP contribution in [0.25, 0.3) is 16.9 Å². The minimum atomic E-state index is -1.12. The van der Waals surface area contributed by atoms with Gasteiger partial charge >= 0.3 is 5.97 Å². The van der Waals surface area contributed by atoms with Crippen LogP contribution >= 0.6 is 0 Å². The van der Waals surface area contributed by atoms with Crippen LogP contribution < -0.4 is 0 Å². The standard InChI is InChI=1S/C15H12N2O3/c1-9-4-2-3-5-11(9)14-16-13(15(19)20)12-8-10(18)6-7-17(12)14/h2-8,18H,1H3,(H,19,20). The van der Waals surface area contributed by atoms with Crippen molar-refractivity contribution in [2.45, 2.75) is 6.92 Å². The van der Waals surface area contributed by atoms with E-state index in [4.69, 9.17) is 0 Å². The summed E-state index contributed by atoms with van der Waals surface area (Å²) in [5.74, 6) is -0.556. The third-order valence-electron chi connectivity index (χ3n) is 3.22. The van der Waals surface area contributed by atoms with Gasteiger partial charge in [0.1, 0.15) is 11.6 Å². The topological polar surface area (TPSA) is 74.8 Å². The lowest BCUT2D eigenvalue weighted by molar-refractivity contribution is 0.0693. The van der Waals surface area contributed by atoms with E-state index in [1.54, 1.807) is 10.6 Å². The second kappa shape index (κ2) is 4.38. The van der Waals surface area contributed by atoms with E-state index in [1.165, 1.54) is 12.1 Å². The molecular formula is C15H12N2O3. The van der Waals surface area contributed by atoms with E-state index >= 15 is 0 Å². The lowest BCUT2D eigenvalue weighted by Crippen LogP contribution is -1.97. The molecule has 0 bridgehead atoms. The number of aromatic carboxylic acids is 1. The highest BCUT2D eigenvalue weighted by Gasteiger charge is 2.18. The van der Waals surface area contributed by atoms with Gasteiger partial charge in [0.05, 0.1) is 5.52 Å². The number of imidazole rings is 1. The largest absolute Gasteiger partial charge is 0.508 e. The van der Waals surface area contributed by atoms with Crippen molar-refractivity contribution in [1.82, 2.24) is 9.38 Å². The molecule has 2 heterocycles. The first kappa shape index (κ1) is 12.2. The fourth-order valence-corrected chi connectivity index (χ4v) is 2.24. The molecule has 0 fully saturated rings. The van der Waals surface area contributed by atoms with Crippen LogP contribution in [-0.4, -0.2) is 25.6 Å². The number of carbonyl (C=O) groups is 1. The number of aryl methyl sites for hydroxylation is 1. The van der Waals surface area contributed by atoms with E-state index in [0.717, 1.165) is 11.1 Å². The SMILES string of the molecule is Cc1ccccc1-c1nc(C(=O)O)c2cc(O)ccn12. The van der Waals surface area contributed by atoms with Crippen molar-refractivity contribution in [3.8, 4) is 17.1 Å². The Labute approximate surface area is 114 Å². The van der Waals surface area contributed by atoms with E-state index in [0.29, 0.717) is 11.3 Å². The van der Waals surface area contributed by atoms with Crippen LogP contribution in [0.1, 0.15) is 16.1 Å². The first-order valence-corrected chi connectivity index (χ1v) is 6.08. The molecule has 3 aromatic rings. The first-order chi connectivity index (χ1) is 9.58. The maximum atomic E-state index is 11.3. The van der Waals surface area contributed by atoms with Gasteiger partial charge < -0.3 is 10.2 Å². The molecule has 0 radical (unpaired) electrons. The predicted octanol–water partition coefficient (Wildman–Crippen LogP) is 2.71. The van der Waals surface area contributed by atoms with Gasteiger partial charge in [-0.05, 0) is 18.6 Å². The highest BCUT2D eigenvalue weighted by Crippen LogP contribution is 2.27. The Balaban J connectivity index is 2.38. The minimum absolute atomic E-state index is 0.0104. The van der Waals surface area contributed by atoms with Gasteiger partial charge in [0.2, 0.25) is 0 Å². The van der Waals surface area contributed by atoms with Crippen molar-refractivity contribution in [3.63, 3.8) is 0 Å². The van der Waals surface area contributed by atoms with Crippen molar-refractivity contribution in [3.05, 3.63) is 53.9 Å². The molecule has 0 saturated heterocycles. The van der Waals surface area contributed by atoms with Crippen molar-refractivity contribution in [1.29, 1.82) is 0 Å². The van der Waals surface area contributed by atoms with E-state index < -0.39 is 5.97 Å². The third kappa shape index (κ3) is 1.80. The minimum Gasteiger partial charge on any atom is -0.508 e. The van der Waals surface area contributed by atoms with Gasteiger partial charge in [-0.25, -0.2) is 9.78 Å². The summed E-state index contributed by atoms with van der Waals surface area (Å²) in [5.41, 5.74) is 2.17. The Bertz CT molecular complexity index is 821. The Morgan fingerprint density at radius 2 is 2.00 bits per heavy atom. The zero-order valence-corrected chi connectivity index (χ0v) is 10.7. The quantitative estimate of drug-likeness (QED) is 0.749. The Kier molecular flexibility index (Phi) is 2.68. The summed E-state index contributed by atoms with van der Waals surface area (Å²) in [4.78, 5) is 15.5. The molecule has 0 aliphatic carbocycles. The number of nitrogens with zero attached hydrogens (tertiary/aromatic N) is 2. The number of carboxylic acids is 1. The number of hydrogen-bond acceptors (Lipinski definition) is 3. The van der Waals surface area contributed by atoms with E-state index in [1.807, 2.05) is 31.2 Å². The number of rotatable bonds is 2. The van der Waals surface area contributed by atoms with Crippen LogP contribution in [0.2, 0.25) is 0 Å². The van der Waals surface area contributed by atoms with E-state index in [2.05, 4.69) is 4.98 Å². The number of pyridine rings is 1. The van der Waals surface area contributed by atoms with Crippen LogP contribution in [0, 0.1) is 6.92 Å². The average Bonchev–Trinajstić information content (AvgIpc) is 2.78. The van der Waals surface area contributed by atoms with Gasteiger partial charge in [-0.15, -0.1) is 0 Å². The number of hydrogen-bond donors (Lipinski definition) is 2. The molecule has 2 aromatic heterocycles. The monoisotopic (exact) mass is 268 g/mol. The fraction of sp³-hybridized carbons (Fsp3) is 0.0667. The molecule has 0 aliphatic heterocycles. The van der Waals surface area contributed by atoms with E-state index in [-0.39, 0.29) is 11.4 Å². The van der Waals surface area contributed by atoms with Crippen LogP contribution in [0.5, 0.6) is 5.75 Å². The smallest absolute Gasteiger partial charge is 0.356 e. The maximum Gasteiger partial charge on any atom is 0.356 e. The molecule has 0 saturated carbocycles. The molecule has 5 nitrogen and oxygen atoms in total. The number of aromatic hydroxyl groups is 1. The Morgan fingerprint density at radius 3 is 2.70 bits per heavy atom. The zero-order chi connectivity index (χ0) is 14.3. The van der Waals surface area contributed by atoms with Gasteiger partial charge in [0, 0.05) is 17.8 Å². The normalized spacial score (nSPS) is 10.8. The molecule has 0 atom stereocenters. The Hall–Kier alpha value is -2.82. The van der Waals surface area contributed by atoms with Crippen LogP contribution in [0.3, 0.4) is 0 Å². The molecule has 100 valence electrons. The predicted molar refractivity (Wildman–Crippen MR) is 74.0 cm³/mol. The molecule has 5 heteroatoms. The summed E-state index contributed by atoms with van der Waals surface area (Å²) < 4.78 is 1.67. The van der Waals surface area contributed by atoms with Gasteiger partial charge in [-0.2, -0.15) is 0 Å². The van der Waals surface area contributed by atoms with Gasteiger partial charge in [0.25, 0.3) is 0 Å². The zero-order valence-electron chi connectivity index (χ0n) is 10.7. The van der Waals surface area contributed by atoms with Crippen LogP contribution in [-0.2, 0) is 0 Å².